The fourth-order valence-corrected chi connectivity index (χ4v) is 4.25. The van der Waals surface area contributed by atoms with Crippen LogP contribution in [0, 0.1) is 23.7 Å². The predicted octanol–water partition coefficient (Wildman–Crippen LogP) is 1.83. The van der Waals surface area contributed by atoms with Crippen molar-refractivity contribution >= 4 is 5.97 Å². The normalized spacial score (nSPS) is 43.6. The molecule has 0 aromatic rings. The predicted molar refractivity (Wildman–Crippen MR) is 61.1 cm³/mol. The van der Waals surface area contributed by atoms with Gasteiger partial charge in [-0.25, -0.2) is 0 Å². The van der Waals surface area contributed by atoms with Crippen molar-refractivity contribution in [2.24, 2.45) is 23.7 Å². The third-order valence-electron chi connectivity index (χ3n) is 5.14. The Morgan fingerprint density at radius 1 is 1.31 bits per heavy atom. The standard InChI is InChI=1S/C13H21NO2/c1-2-8-6-14(7-8)12-10-4-3-9(5-10)11(12)13(15)16/h8-12H,2-7H2,1H3,(H,15,16). The molecule has 2 aliphatic carbocycles. The first kappa shape index (κ1) is 10.6. The summed E-state index contributed by atoms with van der Waals surface area (Å²) in [5, 5.41) is 9.37. The number of hydrogen-bond acceptors (Lipinski definition) is 2. The van der Waals surface area contributed by atoms with Crippen LogP contribution in [0.2, 0.25) is 0 Å². The Morgan fingerprint density at radius 2 is 2.00 bits per heavy atom. The van der Waals surface area contributed by atoms with Gasteiger partial charge < -0.3 is 5.11 Å². The Morgan fingerprint density at radius 3 is 2.62 bits per heavy atom. The third-order valence-corrected chi connectivity index (χ3v) is 5.14. The molecule has 0 aromatic heterocycles. The van der Waals surface area contributed by atoms with E-state index in [2.05, 4.69) is 11.8 Å². The molecule has 16 heavy (non-hydrogen) atoms. The van der Waals surface area contributed by atoms with Crippen molar-refractivity contribution in [1.82, 2.24) is 4.90 Å². The van der Waals surface area contributed by atoms with Crippen LogP contribution in [0.5, 0.6) is 0 Å². The van der Waals surface area contributed by atoms with Crippen molar-refractivity contribution in [3.63, 3.8) is 0 Å². The number of carboxylic acid groups (broad SMARTS) is 1. The summed E-state index contributed by atoms with van der Waals surface area (Å²) in [4.78, 5) is 13.8. The molecule has 3 fully saturated rings. The van der Waals surface area contributed by atoms with Crippen LogP contribution in [0.15, 0.2) is 0 Å². The molecular formula is C13H21NO2. The number of carboxylic acids is 1. The van der Waals surface area contributed by atoms with Crippen LogP contribution in [0.4, 0.5) is 0 Å². The van der Waals surface area contributed by atoms with Crippen LogP contribution in [0.1, 0.15) is 32.6 Å². The fraction of sp³-hybridized carbons (Fsp3) is 0.923. The van der Waals surface area contributed by atoms with Crippen molar-refractivity contribution in [3.05, 3.63) is 0 Å². The number of nitrogens with zero attached hydrogens (tertiary/aromatic N) is 1. The lowest BCUT2D eigenvalue weighted by Crippen LogP contribution is -2.57. The molecule has 3 heteroatoms. The molecule has 3 aliphatic rings. The zero-order valence-electron chi connectivity index (χ0n) is 9.93. The second-order valence-electron chi connectivity index (χ2n) is 5.92. The zero-order valence-corrected chi connectivity index (χ0v) is 9.93. The van der Waals surface area contributed by atoms with Crippen molar-refractivity contribution < 1.29 is 9.90 Å². The van der Waals surface area contributed by atoms with Gasteiger partial charge in [-0.3, -0.25) is 9.69 Å². The summed E-state index contributed by atoms with van der Waals surface area (Å²) in [6.45, 7) is 4.53. The van der Waals surface area contributed by atoms with Crippen LogP contribution in [0.25, 0.3) is 0 Å². The summed E-state index contributed by atoms with van der Waals surface area (Å²) in [6.07, 6.45) is 4.85. The van der Waals surface area contributed by atoms with E-state index in [1.807, 2.05) is 0 Å². The third kappa shape index (κ3) is 1.41. The van der Waals surface area contributed by atoms with E-state index in [1.165, 1.54) is 19.3 Å². The first-order valence-corrected chi connectivity index (χ1v) is 6.67. The molecule has 2 saturated carbocycles. The highest BCUT2D eigenvalue weighted by Crippen LogP contribution is 2.51. The highest BCUT2D eigenvalue weighted by atomic mass is 16.4. The van der Waals surface area contributed by atoms with E-state index in [0.717, 1.165) is 25.4 Å². The van der Waals surface area contributed by atoms with E-state index in [1.54, 1.807) is 0 Å². The van der Waals surface area contributed by atoms with Gasteiger partial charge in [-0.15, -0.1) is 0 Å². The SMILES string of the molecule is CCC1CN(C2C3CCC(C3)C2C(=O)O)C1. The molecule has 4 unspecified atom stereocenters. The first-order chi connectivity index (χ1) is 7.70. The zero-order chi connectivity index (χ0) is 11.3. The molecule has 1 N–H and O–H groups in total. The minimum Gasteiger partial charge on any atom is -0.481 e. The molecule has 90 valence electrons. The summed E-state index contributed by atoms with van der Waals surface area (Å²) in [5.74, 6) is 1.39. The lowest BCUT2D eigenvalue weighted by atomic mass is 9.80. The average molecular weight is 223 g/mol. The number of likely N-dealkylation sites (tertiary alicyclic amines) is 1. The fourth-order valence-electron chi connectivity index (χ4n) is 4.25. The molecular weight excluding hydrogens is 202 g/mol. The van der Waals surface area contributed by atoms with Gasteiger partial charge in [0.2, 0.25) is 0 Å². The average Bonchev–Trinajstić information content (AvgIpc) is 2.75. The maximum atomic E-state index is 11.4. The number of aliphatic carboxylic acids is 1. The van der Waals surface area contributed by atoms with Crippen molar-refractivity contribution in [2.75, 3.05) is 13.1 Å². The maximum Gasteiger partial charge on any atom is 0.308 e. The Kier molecular flexibility index (Phi) is 2.46. The Labute approximate surface area is 96.8 Å². The minimum absolute atomic E-state index is 0.0587. The first-order valence-electron chi connectivity index (χ1n) is 6.67. The molecule has 3 rings (SSSR count). The van der Waals surface area contributed by atoms with Gasteiger partial charge in [-0.05, 0) is 37.0 Å². The molecule has 1 aliphatic heterocycles. The monoisotopic (exact) mass is 223 g/mol. The smallest absolute Gasteiger partial charge is 0.308 e. The van der Waals surface area contributed by atoms with Crippen LogP contribution in [0.3, 0.4) is 0 Å². The van der Waals surface area contributed by atoms with Gasteiger partial charge in [0.05, 0.1) is 5.92 Å². The second-order valence-corrected chi connectivity index (χ2v) is 5.92. The Hall–Kier alpha value is -0.570. The number of fused-ring (bicyclic) bond motifs is 2. The molecule has 0 spiro atoms. The maximum absolute atomic E-state index is 11.4. The minimum atomic E-state index is -0.544. The molecule has 1 heterocycles. The summed E-state index contributed by atoms with van der Waals surface area (Å²) in [5.41, 5.74) is 0. The summed E-state index contributed by atoms with van der Waals surface area (Å²) in [7, 11) is 0. The van der Waals surface area contributed by atoms with E-state index >= 15 is 0 Å². The molecule has 3 nitrogen and oxygen atoms in total. The Balaban J connectivity index is 1.71. The lowest BCUT2D eigenvalue weighted by Gasteiger charge is -2.47. The summed E-state index contributed by atoms with van der Waals surface area (Å²) in [6, 6.07) is 0.374. The van der Waals surface area contributed by atoms with Gasteiger partial charge in [-0.2, -0.15) is 0 Å². The lowest BCUT2D eigenvalue weighted by molar-refractivity contribution is -0.148. The van der Waals surface area contributed by atoms with Crippen molar-refractivity contribution in [3.8, 4) is 0 Å². The van der Waals surface area contributed by atoms with E-state index in [-0.39, 0.29) is 5.92 Å². The van der Waals surface area contributed by atoms with E-state index < -0.39 is 5.97 Å². The molecule has 0 aromatic carbocycles. The van der Waals surface area contributed by atoms with Crippen LogP contribution in [-0.4, -0.2) is 35.1 Å². The van der Waals surface area contributed by atoms with Crippen molar-refractivity contribution in [2.45, 2.75) is 38.6 Å². The van der Waals surface area contributed by atoms with Gasteiger partial charge in [0.15, 0.2) is 0 Å². The quantitative estimate of drug-likeness (QED) is 0.793. The van der Waals surface area contributed by atoms with Crippen molar-refractivity contribution in [1.29, 1.82) is 0 Å². The highest BCUT2D eigenvalue weighted by molar-refractivity contribution is 5.72. The van der Waals surface area contributed by atoms with Gasteiger partial charge in [0.1, 0.15) is 0 Å². The van der Waals surface area contributed by atoms with Gasteiger partial charge in [-0.1, -0.05) is 13.3 Å². The van der Waals surface area contributed by atoms with Gasteiger partial charge >= 0.3 is 5.97 Å². The summed E-state index contributed by atoms with van der Waals surface area (Å²) >= 11 is 0. The number of carbonyl (C=O) groups is 1. The Bertz CT molecular complexity index is 298. The van der Waals surface area contributed by atoms with Crippen LogP contribution >= 0.6 is 0 Å². The largest absolute Gasteiger partial charge is 0.481 e. The topological polar surface area (TPSA) is 40.5 Å². The van der Waals surface area contributed by atoms with E-state index in [4.69, 9.17) is 0 Å². The number of hydrogen-bond donors (Lipinski definition) is 1. The molecule has 1 saturated heterocycles. The van der Waals surface area contributed by atoms with Crippen LogP contribution in [-0.2, 0) is 4.79 Å². The second kappa shape index (κ2) is 3.73. The highest BCUT2D eigenvalue weighted by Gasteiger charge is 2.54. The molecule has 4 atom stereocenters. The molecule has 0 amide bonds. The molecule has 2 bridgehead atoms. The van der Waals surface area contributed by atoms with Crippen LogP contribution < -0.4 is 0 Å². The van der Waals surface area contributed by atoms with Gasteiger partial charge in [0.25, 0.3) is 0 Å². The summed E-state index contributed by atoms with van der Waals surface area (Å²) < 4.78 is 0. The van der Waals surface area contributed by atoms with E-state index in [0.29, 0.717) is 17.9 Å². The van der Waals surface area contributed by atoms with Gasteiger partial charge in [0, 0.05) is 19.1 Å². The number of rotatable bonds is 3. The molecule has 0 radical (unpaired) electrons. The van der Waals surface area contributed by atoms with E-state index in [9.17, 15) is 9.90 Å².